The number of thiol groups is 1. The number of hydrogen-bond donors (Lipinski definition) is 3. The first-order valence-electron chi connectivity index (χ1n) is 7.06. The van der Waals surface area contributed by atoms with Crippen LogP contribution in [0.5, 0.6) is 5.75 Å². The second-order valence-electron chi connectivity index (χ2n) is 5.66. The Morgan fingerprint density at radius 2 is 1.80 bits per heavy atom. The van der Waals surface area contributed by atoms with E-state index in [2.05, 4.69) is 12.6 Å². The number of hydrogen-bond acceptors (Lipinski definition) is 4. The van der Waals surface area contributed by atoms with E-state index in [1.54, 1.807) is 12.1 Å². The van der Waals surface area contributed by atoms with Crippen LogP contribution < -0.4 is 0 Å². The van der Waals surface area contributed by atoms with Crippen LogP contribution in [-0.4, -0.2) is 38.4 Å². The number of carbonyl (C=O) groups is 1. The van der Waals surface area contributed by atoms with E-state index >= 15 is 0 Å². The number of rotatable bonds is 2. The standard InChI is InChI=1S/C15H19NO3S/c17-10-7-5-9(6-8-10)16-13(14(20)15(16)19)11-3-1-2-4-12(11)18/h1-4,9-10,13-14,17-18,20H,5-8H2. The molecule has 2 fully saturated rings. The van der Waals surface area contributed by atoms with Crippen LogP contribution in [0.4, 0.5) is 0 Å². The van der Waals surface area contributed by atoms with Crippen LogP contribution >= 0.6 is 12.6 Å². The van der Waals surface area contributed by atoms with E-state index in [9.17, 15) is 15.0 Å². The Balaban J connectivity index is 1.83. The topological polar surface area (TPSA) is 60.8 Å². The first-order chi connectivity index (χ1) is 9.59. The molecule has 2 unspecified atom stereocenters. The summed E-state index contributed by atoms with van der Waals surface area (Å²) in [5, 5.41) is 19.2. The van der Waals surface area contributed by atoms with E-state index in [0.29, 0.717) is 0 Å². The zero-order valence-electron chi connectivity index (χ0n) is 11.1. The Morgan fingerprint density at radius 1 is 1.15 bits per heavy atom. The lowest BCUT2D eigenvalue weighted by Gasteiger charge is -2.51. The predicted octanol–water partition coefficient (Wildman–Crippen LogP) is 1.88. The number of amides is 1. The van der Waals surface area contributed by atoms with Crippen LogP contribution in [-0.2, 0) is 4.79 Å². The van der Waals surface area contributed by atoms with Gasteiger partial charge in [-0.25, -0.2) is 0 Å². The minimum absolute atomic E-state index is 0.0305. The highest BCUT2D eigenvalue weighted by atomic mass is 32.1. The van der Waals surface area contributed by atoms with E-state index in [0.717, 1.165) is 31.2 Å². The maximum atomic E-state index is 12.1. The Morgan fingerprint density at radius 3 is 2.45 bits per heavy atom. The second kappa shape index (κ2) is 5.30. The number of aromatic hydroxyl groups is 1. The van der Waals surface area contributed by atoms with Crippen molar-refractivity contribution in [2.75, 3.05) is 0 Å². The highest BCUT2D eigenvalue weighted by Crippen LogP contribution is 2.45. The maximum Gasteiger partial charge on any atom is 0.238 e. The van der Waals surface area contributed by atoms with Crippen molar-refractivity contribution in [3.63, 3.8) is 0 Å². The average Bonchev–Trinajstić information content (AvgIpc) is 2.46. The van der Waals surface area contributed by atoms with Crippen LogP contribution in [0.25, 0.3) is 0 Å². The third-order valence-electron chi connectivity index (χ3n) is 4.42. The number of aliphatic hydroxyl groups is 1. The van der Waals surface area contributed by atoms with Gasteiger partial charge in [0, 0.05) is 11.6 Å². The molecule has 1 aromatic rings. The summed E-state index contributed by atoms with van der Waals surface area (Å²) < 4.78 is 0. The molecular formula is C15H19NO3S. The molecule has 108 valence electrons. The smallest absolute Gasteiger partial charge is 0.238 e. The van der Waals surface area contributed by atoms with Crippen LogP contribution in [0.3, 0.4) is 0 Å². The minimum atomic E-state index is -0.379. The van der Waals surface area contributed by atoms with Crippen LogP contribution in [0.2, 0.25) is 0 Å². The molecule has 1 aromatic carbocycles. The largest absolute Gasteiger partial charge is 0.508 e. The van der Waals surface area contributed by atoms with Crippen molar-refractivity contribution in [1.82, 2.24) is 4.90 Å². The summed E-state index contributed by atoms with van der Waals surface area (Å²) in [6, 6.07) is 7.11. The Kier molecular flexibility index (Phi) is 3.65. The Hall–Kier alpha value is -1.20. The van der Waals surface area contributed by atoms with Gasteiger partial charge in [0.2, 0.25) is 5.91 Å². The van der Waals surface area contributed by atoms with Gasteiger partial charge in [-0.2, -0.15) is 12.6 Å². The zero-order valence-corrected chi connectivity index (χ0v) is 12.0. The molecule has 0 bridgehead atoms. The van der Waals surface area contributed by atoms with Gasteiger partial charge >= 0.3 is 0 Å². The lowest BCUT2D eigenvalue weighted by molar-refractivity contribution is -0.150. The fourth-order valence-corrected chi connectivity index (χ4v) is 3.73. The third-order valence-corrected chi connectivity index (χ3v) is 4.92. The molecule has 0 spiro atoms. The quantitative estimate of drug-likeness (QED) is 0.576. The van der Waals surface area contributed by atoms with Gasteiger partial charge in [-0.15, -0.1) is 0 Å². The molecule has 4 nitrogen and oxygen atoms in total. The first-order valence-corrected chi connectivity index (χ1v) is 7.57. The summed E-state index contributed by atoms with van der Waals surface area (Å²) in [5.41, 5.74) is 0.762. The third kappa shape index (κ3) is 2.19. The zero-order chi connectivity index (χ0) is 14.3. The number of carbonyl (C=O) groups excluding carboxylic acids is 1. The summed E-state index contributed by atoms with van der Waals surface area (Å²) in [5.74, 6) is 0.243. The van der Waals surface area contributed by atoms with E-state index in [-0.39, 0.29) is 35.1 Å². The number of likely N-dealkylation sites (tertiary alicyclic amines) is 1. The number of aliphatic hydroxyl groups excluding tert-OH is 1. The number of para-hydroxylation sites is 1. The Labute approximate surface area is 123 Å². The molecule has 2 aliphatic rings. The van der Waals surface area contributed by atoms with Crippen molar-refractivity contribution in [1.29, 1.82) is 0 Å². The van der Waals surface area contributed by atoms with Gasteiger partial charge in [0.25, 0.3) is 0 Å². The van der Waals surface area contributed by atoms with Gasteiger partial charge in [-0.05, 0) is 31.7 Å². The predicted molar refractivity (Wildman–Crippen MR) is 78.7 cm³/mol. The summed E-state index contributed by atoms with van der Waals surface area (Å²) in [4.78, 5) is 14.0. The van der Waals surface area contributed by atoms with Crippen molar-refractivity contribution in [3.05, 3.63) is 29.8 Å². The maximum absolute atomic E-state index is 12.1. The molecule has 0 radical (unpaired) electrons. The van der Waals surface area contributed by atoms with Crippen molar-refractivity contribution in [2.24, 2.45) is 0 Å². The number of nitrogens with zero attached hydrogens (tertiary/aromatic N) is 1. The van der Waals surface area contributed by atoms with Gasteiger partial charge in [0.15, 0.2) is 0 Å². The highest BCUT2D eigenvalue weighted by molar-refractivity contribution is 7.82. The van der Waals surface area contributed by atoms with E-state index < -0.39 is 0 Å². The molecule has 1 aliphatic carbocycles. The molecule has 2 N–H and O–H groups in total. The molecule has 2 atom stereocenters. The molecule has 1 aliphatic heterocycles. The van der Waals surface area contributed by atoms with Crippen molar-refractivity contribution in [2.45, 2.75) is 49.1 Å². The SMILES string of the molecule is O=C1C(S)C(c2ccccc2O)N1C1CCC(O)CC1. The summed E-state index contributed by atoms with van der Waals surface area (Å²) in [6.45, 7) is 0. The first kappa shape index (κ1) is 13.8. The van der Waals surface area contributed by atoms with Gasteiger partial charge < -0.3 is 15.1 Å². The minimum Gasteiger partial charge on any atom is -0.508 e. The molecule has 5 heteroatoms. The summed E-state index contributed by atoms with van der Waals surface area (Å²) in [7, 11) is 0. The molecule has 3 rings (SSSR count). The van der Waals surface area contributed by atoms with Crippen molar-refractivity contribution >= 4 is 18.5 Å². The molecule has 1 amide bonds. The van der Waals surface area contributed by atoms with E-state index in [1.807, 2.05) is 17.0 Å². The van der Waals surface area contributed by atoms with E-state index in [1.165, 1.54) is 0 Å². The second-order valence-corrected chi connectivity index (χ2v) is 6.21. The molecular weight excluding hydrogens is 274 g/mol. The number of β-lactam (4-membered cyclic amide) rings is 1. The van der Waals surface area contributed by atoms with Crippen LogP contribution in [0.1, 0.15) is 37.3 Å². The van der Waals surface area contributed by atoms with Crippen molar-refractivity contribution in [3.8, 4) is 5.75 Å². The summed E-state index contributed by atoms with van der Waals surface area (Å²) in [6.07, 6.45) is 2.87. The molecule has 0 aromatic heterocycles. The molecule has 1 heterocycles. The van der Waals surface area contributed by atoms with Gasteiger partial charge in [-0.1, -0.05) is 18.2 Å². The fourth-order valence-electron chi connectivity index (χ4n) is 3.30. The van der Waals surface area contributed by atoms with Crippen molar-refractivity contribution < 1.29 is 15.0 Å². The summed E-state index contributed by atoms with van der Waals surface area (Å²) >= 11 is 4.38. The average molecular weight is 293 g/mol. The molecule has 1 saturated carbocycles. The van der Waals surface area contributed by atoms with Gasteiger partial charge in [0.05, 0.1) is 12.1 Å². The lowest BCUT2D eigenvalue weighted by Crippen LogP contribution is -2.60. The normalized spacial score (nSPS) is 33.9. The molecule has 20 heavy (non-hydrogen) atoms. The van der Waals surface area contributed by atoms with Crippen LogP contribution in [0, 0.1) is 0 Å². The monoisotopic (exact) mass is 293 g/mol. The van der Waals surface area contributed by atoms with Gasteiger partial charge in [-0.3, -0.25) is 4.79 Å². The Bertz CT molecular complexity index is 514. The number of phenols is 1. The molecule has 1 saturated heterocycles. The van der Waals surface area contributed by atoms with Crippen LogP contribution in [0.15, 0.2) is 24.3 Å². The number of benzene rings is 1. The lowest BCUT2D eigenvalue weighted by atomic mass is 9.84. The number of phenolic OH excluding ortho intramolecular Hbond substituents is 1. The van der Waals surface area contributed by atoms with E-state index in [4.69, 9.17) is 0 Å². The van der Waals surface area contributed by atoms with Gasteiger partial charge in [0.1, 0.15) is 11.0 Å². The highest BCUT2D eigenvalue weighted by Gasteiger charge is 2.50. The fraction of sp³-hybridized carbons (Fsp3) is 0.533.